The van der Waals surface area contributed by atoms with E-state index in [9.17, 15) is 4.79 Å². The van der Waals surface area contributed by atoms with Crippen molar-refractivity contribution in [2.45, 2.75) is 18.9 Å². The molecule has 2 N–H and O–H groups in total. The normalized spacial score (nSPS) is 23.6. The quantitative estimate of drug-likeness (QED) is 0.824. The average Bonchev–Trinajstić information content (AvgIpc) is 2.22. The fourth-order valence-electron chi connectivity index (χ4n) is 1.75. The van der Waals surface area contributed by atoms with E-state index in [4.69, 9.17) is 5.11 Å². The van der Waals surface area contributed by atoms with Crippen molar-refractivity contribution in [2.24, 2.45) is 5.92 Å². The van der Waals surface area contributed by atoms with Gasteiger partial charge in [0.25, 0.3) is 5.91 Å². The van der Waals surface area contributed by atoms with E-state index in [-0.39, 0.29) is 12.0 Å². The number of carbonyl (C=O) groups excluding carboxylic acids is 1. The van der Waals surface area contributed by atoms with E-state index in [1.165, 1.54) is 0 Å². The second kappa shape index (κ2) is 4.93. The number of hydrogen-bond acceptors (Lipinski definition) is 3. The van der Waals surface area contributed by atoms with Crippen molar-refractivity contribution >= 4 is 21.8 Å². The van der Waals surface area contributed by atoms with Crippen LogP contribution in [0.5, 0.6) is 0 Å². The smallest absolute Gasteiger partial charge is 0.251 e. The lowest BCUT2D eigenvalue weighted by molar-refractivity contribution is 0.0420. The number of rotatable bonds is 3. The summed E-state index contributed by atoms with van der Waals surface area (Å²) in [6.07, 6.45) is 3.00. The first-order valence-corrected chi connectivity index (χ1v) is 6.02. The summed E-state index contributed by atoms with van der Waals surface area (Å²) in [5, 5.41) is 12.0. The Hall–Kier alpha value is -0.940. The molecule has 1 aliphatic rings. The summed E-state index contributed by atoms with van der Waals surface area (Å²) in [6.45, 7) is 0.635. The van der Waals surface area contributed by atoms with Gasteiger partial charge in [-0.25, -0.2) is 4.98 Å². The minimum absolute atomic E-state index is 0.0931. The Kier molecular flexibility index (Phi) is 3.56. The molecule has 0 bridgehead atoms. The minimum Gasteiger partial charge on any atom is -0.393 e. The fraction of sp³-hybridized carbons (Fsp3) is 0.455. The second-order valence-corrected chi connectivity index (χ2v) is 4.88. The van der Waals surface area contributed by atoms with Crippen LogP contribution in [-0.2, 0) is 0 Å². The van der Waals surface area contributed by atoms with Gasteiger partial charge in [0.2, 0.25) is 0 Å². The molecule has 0 radical (unpaired) electrons. The third-order valence-electron chi connectivity index (χ3n) is 2.75. The Morgan fingerprint density at radius 3 is 3.00 bits per heavy atom. The highest BCUT2D eigenvalue weighted by molar-refractivity contribution is 9.10. The Labute approximate surface area is 102 Å². The molecule has 0 atom stereocenters. The van der Waals surface area contributed by atoms with Crippen LogP contribution < -0.4 is 5.32 Å². The van der Waals surface area contributed by atoms with Gasteiger partial charge in [-0.15, -0.1) is 0 Å². The SMILES string of the molecule is O=C(NCC1CC(O)C1)c1ccnc(Br)c1. The molecule has 1 heterocycles. The van der Waals surface area contributed by atoms with Crippen LogP contribution in [-0.4, -0.2) is 28.6 Å². The van der Waals surface area contributed by atoms with E-state index >= 15 is 0 Å². The monoisotopic (exact) mass is 284 g/mol. The van der Waals surface area contributed by atoms with Crippen molar-refractivity contribution in [1.29, 1.82) is 0 Å². The van der Waals surface area contributed by atoms with Gasteiger partial charge >= 0.3 is 0 Å². The second-order valence-electron chi connectivity index (χ2n) is 4.07. The summed E-state index contributed by atoms with van der Waals surface area (Å²) in [6, 6.07) is 3.36. The van der Waals surface area contributed by atoms with Gasteiger partial charge in [0, 0.05) is 18.3 Å². The highest BCUT2D eigenvalue weighted by Crippen LogP contribution is 2.26. The van der Waals surface area contributed by atoms with Crippen LogP contribution in [0.25, 0.3) is 0 Å². The lowest BCUT2D eigenvalue weighted by atomic mass is 9.82. The van der Waals surface area contributed by atoms with Gasteiger partial charge in [-0.2, -0.15) is 0 Å². The average molecular weight is 285 g/mol. The lowest BCUT2D eigenvalue weighted by Gasteiger charge is -2.31. The number of nitrogens with one attached hydrogen (secondary N) is 1. The maximum absolute atomic E-state index is 11.7. The van der Waals surface area contributed by atoms with Crippen LogP contribution in [0.2, 0.25) is 0 Å². The molecule has 0 spiro atoms. The van der Waals surface area contributed by atoms with Crippen LogP contribution in [0, 0.1) is 5.92 Å². The molecular formula is C11H13BrN2O2. The number of aliphatic hydroxyl groups is 1. The van der Waals surface area contributed by atoms with Gasteiger partial charge in [-0.1, -0.05) is 0 Å². The Morgan fingerprint density at radius 1 is 1.62 bits per heavy atom. The number of hydrogen-bond donors (Lipinski definition) is 2. The van der Waals surface area contributed by atoms with Gasteiger partial charge in [0.05, 0.1) is 6.10 Å². The predicted molar refractivity (Wildman–Crippen MR) is 63.0 cm³/mol. The molecule has 1 amide bonds. The molecule has 1 aromatic rings. The van der Waals surface area contributed by atoms with E-state index < -0.39 is 0 Å². The van der Waals surface area contributed by atoms with Gasteiger partial charge < -0.3 is 10.4 Å². The van der Waals surface area contributed by atoms with E-state index in [0.29, 0.717) is 22.6 Å². The van der Waals surface area contributed by atoms with Crippen LogP contribution >= 0.6 is 15.9 Å². The number of pyridine rings is 1. The first-order valence-electron chi connectivity index (χ1n) is 5.23. The molecule has 0 saturated heterocycles. The number of halogens is 1. The van der Waals surface area contributed by atoms with Crippen molar-refractivity contribution in [2.75, 3.05) is 6.54 Å². The standard InChI is InChI=1S/C11H13BrN2O2/c12-10-5-8(1-2-13-10)11(16)14-6-7-3-9(15)4-7/h1-2,5,7,9,15H,3-4,6H2,(H,14,16). The predicted octanol–water partition coefficient (Wildman–Crippen LogP) is 1.34. The molecular weight excluding hydrogens is 272 g/mol. The minimum atomic E-state index is -0.169. The van der Waals surface area contributed by atoms with Crippen LogP contribution in [0.3, 0.4) is 0 Å². The summed E-state index contributed by atoms with van der Waals surface area (Å²) < 4.78 is 0.652. The molecule has 0 unspecified atom stereocenters. The Balaban J connectivity index is 1.84. The number of nitrogens with zero attached hydrogens (tertiary/aromatic N) is 1. The van der Waals surface area contributed by atoms with E-state index in [1.807, 2.05) is 0 Å². The van der Waals surface area contributed by atoms with Crippen LogP contribution in [0.4, 0.5) is 0 Å². The third kappa shape index (κ3) is 2.80. The van der Waals surface area contributed by atoms with E-state index in [2.05, 4.69) is 26.2 Å². The fourth-order valence-corrected chi connectivity index (χ4v) is 2.11. The summed E-state index contributed by atoms with van der Waals surface area (Å²) in [5.41, 5.74) is 0.599. The highest BCUT2D eigenvalue weighted by Gasteiger charge is 2.27. The van der Waals surface area contributed by atoms with Crippen molar-refractivity contribution in [3.05, 3.63) is 28.5 Å². The zero-order chi connectivity index (χ0) is 11.5. The maximum Gasteiger partial charge on any atom is 0.251 e. The molecule has 4 nitrogen and oxygen atoms in total. The number of amides is 1. The molecule has 1 fully saturated rings. The molecule has 5 heteroatoms. The van der Waals surface area contributed by atoms with E-state index in [1.54, 1.807) is 18.3 Å². The summed E-state index contributed by atoms with van der Waals surface area (Å²) >= 11 is 3.22. The summed E-state index contributed by atoms with van der Waals surface area (Å²) in [5.74, 6) is 0.328. The van der Waals surface area contributed by atoms with Crippen LogP contribution in [0.15, 0.2) is 22.9 Å². The number of aromatic nitrogens is 1. The zero-order valence-electron chi connectivity index (χ0n) is 8.69. The molecule has 1 saturated carbocycles. The largest absolute Gasteiger partial charge is 0.393 e. The van der Waals surface area contributed by atoms with Crippen molar-refractivity contribution in [3.8, 4) is 0 Å². The molecule has 0 aliphatic heterocycles. The maximum atomic E-state index is 11.7. The van der Waals surface area contributed by atoms with Crippen molar-refractivity contribution in [1.82, 2.24) is 10.3 Å². The molecule has 1 aromatic heterocycles. The summed E-state index contributed by atoms with van der Waals surface area (Å²) in [4.78, 5) is 15.7. The van der Waals surface area contributed by atoms with Crippen molar-refractivity contribution < 1.29 is 9.90 Å². The Morgan fingerprint density at radius 2 is 2.38 bits per heavy atom. The van der Waals surface area contributed by atoms with Gasteiger partial charge in [-0.05, 0) is 46.8 Å². The molecule has 16 heavy (non-hydrogen) atoms. The van der Waals surface area contributed by atoms with Gasteiger partial charge in [0.1, 0.15) is 4.60 Å². The Bertz CT molecular complexity index is 391. The van der Waals surface area contributed by atoms with Gasteiger partial charge in [-0.3, -0.25) is 4.79 Å². The summed E-state index contributed by atoms with van der Waals surface area (Å²) in [7, 11) is 0. The number of aliphatic hydroxyl groups excluding tert-OH is 1. The van der Waals surface area contributed by atoms with E-state index in [0.717, 1.165) is 12.8 Å². The first kappa shape index (κ1) is 11.5. The molecule has 86 valence electrons. The highest BCUT2D eigenvalue weighted by atomic mass is 79.9. The first-order chi connectivity index (χ1) is 7.65. The molecule has 1 aliphatic carbocycles. The van der Waals surface area contributed by atoms with Gasteiger partial charge in [0.15, 0.2) is 0 Å². The molecule has 0 aromatic carbocycles. The van der Waals surface area contributed by atoms with Crippen LogP contribution in [0.1, 0.15) is 23.2 Å². The topological polar surface area (TPSA) is 62.2 Å². The zero-order valence-corrected chi connectivity index (χ0v) is 10.3. The molecule has 2 rings (SSSR count). The van der Waals surface area contributed by atoms with Crippen molar-refractivity contribution in [3.63, 3.8) is 0 Å². The number of carbonyl (C=O) groups is 1. The third-order valence-corrected chi connectivity index (χ3v) is 3.18. The lowest BCUT2D eigenvalue weighted by Crippen LogP contribution is -2.38.